The number of hydrogen-bond donors (Lipinski definition) is 2. The molecule has 9 nitrogen and oxygen atoms in total. The van der Waals surface area contributed by atoms with Gasteiger partial charge in [0.2, 0.25) is 0 Å². The zero-order valence-electron chi connectivity index (χ0n) is 16.1. The van der Waals surface area contributed by atoms with E-state index >= 15 is 0 Å². The van der Waals surface area contributed by atoms with Crippen LogP contribution in [0.4, 0.5) is 8.78 Å². The average Bonchev–Trinajstić information content (AvgIpc) is 3.37. The maximum absolute atomic E-state index is 13.8. The normalized spacial score (nSPS) is 12.8. The average molecular weight is 413 g/mol. The number of aromatic nitrogens is 4. The van der Waals surface area contributed by atoms with Crippen molar-refractivity contribution in [3.8, 4) is 17.3 Å². The molecular weight excluding hydrogens is 396 g/mol. The maximum Gasteiger partial charge on any atom is 0.272 e. The number of amides is 1. The van der Waals surface area contributed by atoms with E-state index < -0.39 is 29.1 Å². The van der Waals surface area contributed by atoms with E-state index in [1.54, 1.807) is 26.1 Å². The molecule has 3 rings (SSSR count). The van der Waals surface area contributed by atoms with Crippen molar-refractivity contribution in [1.29, 1.82) is 5.26 Å². The molecule has 0 bridgehead atoms. The Morgan fingerprint density at radius 1 is 1.33 bits per heavy atom. The number of benzene rings is 1. The van der Waals surface area contributed by atoms with Crippen LogP contribution >= 0.6 is 0 Å². The van der Waals surface area contributed by atoms with Crippen LogP contribution in [0.3, 0.4) is 0 Å². The smallest absolute Gasteiger partial charge is 0.272 e. The van der Waals surface area contributed by atoms with Gasteiger partial charge in [0.15, 0.2) is 0 Å². The number of halogens is 2. The van der Waals surface area contributed by atoms with Crippen LogP contribution in [0.1, 0.15) is 41.6 Å². The molecule has 0 aliphatic rings. The van der Waals surface area contributed by atoms with E-state index in [0.29, 0.717) is 11.4 Å². The van der Waals surface area contributed by atoms with Crippen LogP contribution in [0.15, 0.2) is 35.6 Å². The number of H-pyrrole nitrogens is 1. The molecule has 3 aromatic rings. The Kier molecular flexibility index (Phi) is 5.96. The van der Waals surface area contributed by atoms with E-state index in [1.807, 2.05) is 0 Å². The van der Waals surface area contributed by atoms with Crippen molar-refractivity contribution >= 4 is 5.91 Å². The largest absolute Gasteiger partial charge is 0.346 e. The second-order valence-corrected chi connectivity index (χ2v) is 6.71. The van der Waals surface area contributed by atoms with Crippen LogP contribution in [0.2, 0.25) is 0 Å². The molecule has 0 aliphatic carbocycles. The van der Waals surface area contributed by atoms with Crippen molar-refractivity contribution < 1.29 is 13.6 Å². The van der Waals surface area contributed by atoms with Gasteiger partial charge in [0.05, 0.1) is 17.9 Å². The van der Waals surface area contributed by atoms with E-state index in [-0.39, 0.29) is 23.8 Å². The van der Waals surface area contributed by atoms with Crippen LogP contribution in [-0.4, -0.2) is 31.9 Å². The number of nitrogens with one attached hydrogen (secondary N) is 2. The van der Waals surface area contributed by atoms with Gasteiger partial charge in [0, 0.05) is 17.8 Å². The first-order valence-electron chi connectivity index (χ1n) is 8.94. The quantitative estimate of drug-likeness (QED) is 0.575. The van der Waals surface area contributed by atoms with Gasteiger partial charge in [0.25, 0.3) is 5.91 Å². The molecule has 0 aliphatic heterocycles. The van der Waals surface area contributed by atoms with Crippen molar-refractivity contribution in [3.63, 3.8) is 0 Å². The van der Waals surface area contributed by atoms with E-state index in [1.165, 1.54) is 16.8 Å². The summed E-state index contributed by atoms with van der Waals surface area (Å²) in [4.78, 5) is 22.9. The van der Waals surface area contributed by atoms with Crippen molar-refractivity contribution in [2.75, 3.05) is 0 Å². The van der Waals surface area contributed by atoms with Crippen molar-refractivity contribution in [3.05, 3.63) is 64.0 Å². The number of aromatic amines is 1. The first-order valence-corrected chi connectivity index (χ1v) is 8.94. The Hall–Kier alpha value is -3.94. The summed E-state index contributed by atoms with van der Waals surface area (Å²) in [5.41, 5.74) is 0.428. The summed E-state index contributed by atoms with van der Waals surface area (Å²) in [6, 6.07) is 5.60. The lowest BCUT2D eigenvalue weighted by molar-refractivity contribution is 0.0931. The third-order valence-electron chi connectivity index (χ3n) is 4.37. The minimum absolute atomic E-state index is 0.122. The predicted octanol–water partition coefficient (Wildman–Crippen LogP) is 3.07. The van der Waals surface area contributed by atoms with Gasteiger partial charge in [-0.2, -0.15) is 20.4 Å². The molecule has 0 fully saturated rings. The highest BCUT2D eigenvalue weighted by molar-refractivity contribution is 5.92. The minimum Gasteiger partial charge on any atom is -0.346 e. The van der Waals surface area contributed by atoms with E-state index in [2.05, 4.69) is 25.8 Å². The summed E-state index contributed by atoms with van der Waals surface area (Å²) in [5, 5.41) is 25.1. The molecule has 1 amide bonds. The van der Waals surface area contributed by atoms with Gasteiger partial charge in [-0.1, -0.05) is 5.18 Å². The van der Waals surface area contributed by atoms with Crippen molar-refractivity contribution in [2.24, 2.45) is 5.18 Å². The Bertz CT molecular complexity index is 1110. The molecular formula is C19H17F2N7O2. The van der Waals surface area contributed by atoms with Gasteiger partial charge in [-0.25, -0.2) is 8.78 Å². The highest BCUT2D eigenvalue weighted by Gasteiger charge is 2.17. The third kappa shape index (κ3) is 4.38. The van der Waals surface area contributed by atoms with Gasteiger partial charge in [-0.3, -0.25) is 14.6 Å². The lowest BCUT2D eigenvalue weighted by atomic mass is 10.1. The summed E-state index contributed by atoms with van der Waals surface area (Å²) >= 11 is 0. The van der Waals surface area contributed by atoms with Crippen LogP contribution in [0.25, 0.3) is 11.3 Å². The Balaban J connectivity index is 1.66. The summed E-state index contributed by atoms with van der Waals surface area (Å²) in [7, 11) is 0. The first-order chi connectivity index (χ1) is 14.3. The molecule has 154 valence electrons. The van der Waals surface area contributed by atoms with Crippen molar-refractivity contribution in [1.82, 2.24) is 25.3 Å². The second kappa shape index (κ2) is 8.60. The van der Waals surface area contributed by atoms with E-state index in [0.717, 1.165) is 12.1 Å². The molecule has 2 aromatic heterocycles. The number of carbonyl (C=O) groups is 1. The fourth-order valence-electron chi connectivity index (χ4n) is 2.79. The second-order valence-electron chi connectivity index (χ2n) is 6.71. The molecule has 2 atom stereocenters. The molecule has 11 heteroatoms. The molecule has 0 radical (unpaired) electrons. The van der Waals surface area contributed by atoms with Gasteiger partial charge in [-0.05, 0) is 38.1 Å². The number of rotatable bonds is 7. The standard InChI is InChI=1S/C19H17F2N7O2/c1-10(23-19(29)18-7-17(24-25-18)11(2)27-30)9-28-4-3-16(26-28)12-5-14(20)13(8-22)15(21)6-12/h3-7,10-11H,9H2,1-2H3,(H,23,29)(H,24,25)/t10-,11?/m0/s1. The molecule has 1 aromatic carbocycles. The van der Waals surface area contributed by atoms with Crippen LogP contribution in [0.5, 0.6) is 0 Å². The number of hydrogen-bond acceptors (Lipinski definition) is 6. The third-order valence-corrected chi connectivity index (χ3v) is 4.37. The first kappa shape index (κ1) is 20.8. The lowest BCUT2D eigenvalue weighted by Gasteiger charge is -2.13. The Morgan fingerprint density at radius 2 is 2.03 bits per heavy atom. The van der Waals surface area contributed by atoms with E-state index in [4.69, 9.17) is 5.26 Å². The number of carbonyl (C=O) groups excluding carboxylic acids is 1. The van der Waals surface area contributed by atoms with Gasteiger partial charge in [0.1, 0.15) is 35.0 Å². The molecule has 2 heterocycles. The predicted molar refractivity (Wildman–Crippen MR) is 102 cm³/mol. The Labute approximate surface area is 169 Å². The molecule has 2 N–H and O–H groups in total. The molecule has 0 saturated carbocycles. The van der Waals surface area contributed by atoms with E-state index in [9.17, 15) is 18.5 Å². The highest BCUT2D eigenvalue weighted by Crippen LogP contribution is 2.23. The zero-order chi connectivity index (χ0) is 21.8. The number of nitriles is 1. The minimum atomic E-state index is -0.958. The topological polar surface area (TPSA) is 129 Å². The molecule has 0 spiro atoms. The van der Waals surface area contributed by atoms with Crippen LogP contribution < -0.4 is 5.32 Å². The van der Waals surface area contributed by atoms with Crippen LogP contribution in [-0.2, 0) is 6.54 Å². The molecule has 1 unspecified atom stereocenters. The summed E-state index contributed by atoms with van der Waals surface area (Å²) in [6.07, 6.45) is 1.61. The Morgan fingerprint density at radius 3 is 2.67 bits per heavy atom. The fourth-order valence-corrected chi connectivity index (χ4v) is 2.79. The molecule has 0 saturated heterocycles. The van der Waals surface area contributed by atoms with Crippen LogP contribution in [0, 0.1) is 27.9 Å². The maximum atomic E-state index is 13.8. The number of nitrogens with zero attached hydrogens (tertiary/aromatic N) is 5. The van der Waals surface area contributed by atoms with Gasteiger partial charge >= 0.3 is 0 Å². The van der Waals surface area contributed by atoms with Crippen molar-refractivity contribution in [2.45, 2.75) is 32.5 Å². The highest BCUT2D eigenvalue weighted by atomic mass is 19.1. The zero-order valence-corrected chi connectivity index (χ0v) is 16.1. The summed E-state index contributed by atoms with van der Waals surface area (Å²) in [5.74, 6) is -2.35. The monoisotopic (exact) mass is 413 g/mol. The summed E-state index contributed by atoms with van der Waals surface area (Å²) < 4.78 is 29.1. The van der Waals surface area contributed by atoms with Gasteiger partial charge in [-0.15, -0.1) is 0 Å². The summed E-state index contributed by atoms with van der Waals surface area (Å²) in [6.45, 7) is 3.62. The fraction of sp³-hybridized carbons (Fsp3) is 0.263. The molecule has 30 heavy (non-hydrogen) atoms. The lowest BCUT2D eigenvalue weighted by Crippen LogP contribution is -2.36. The SMILES string of the molecule is CC(N=O)c1cc(C(=O)N[C@@H](C)Cn2ccc(-c3cc(F)c(C#N)c(F)c3)n2)n[nH]1. The number of nitroso groups, excluding NO2 is 1. The van der Waals surface area contributed by atoms with Gasteiger partial charge < -0.3 is 5.32 Å².